The molecule has 0 aromatic rings. The summed E-state index contributed by atoms with van der Waals surface area (Å²) in [5.41, 5.74) is 5.79. The number of ether oxygens (including phenoxy) is 2. The van der Waals surface area contributed by atoms with E-state index in [1.54, 1.807) is 7.11 Å². The average molecular weight is 189 g/mol. The number of hydrogen-bond acceptors (Lipinski definition) is 4. The highest BCUT2D eigenvalue weighted by atomic mass is 16.7. The number of nitrogens with two attached hydrogens (primary N) is 1. The maximum absolute atomic E-state index is 9.34. The summed E-state index contributed by atoms with van der Waals surface area (Å²) in [6.07, 6.45) is 0.802. The molecule has 0 aromatic carbocycles. The highest BCUT2D eigenvalue weighted by Crippen LogP contribution is 2.25. The van der Waals surface area contributed by atoms with Crippen LogP contribution < -0.4 is 5.73 Å². The molecule has 1 fully saturated rings. The Morgan fingerprint density at radius 3 is 2.38 bits per heavy atom. The zero-order valence-corrected chi connectivity index (χ0v) is 8.49. The fourth-order valence-electron chi connectivity index (χ4n) is 1.55. The summed E-state index contributed by atoms with van der Waals surface area (Å²) in [6.45, 7) is 3.68. The van der Waals surface area contributed by atoms with Crippen molar-refractivity contribution >= 4 is 0 Å². The van der Waals surface area contributed by atoms with Gasteiger partial charge in [-0.2, -0.15) is 0 Å². The average Bonchev–Trinajstić information content (AvgIpc) is 2.30. The Morgan fingerprint density at radius 2 is 2.00 bits per heavy atom. The molecule has 1 saturated carbocycles. The highest BCUT2D eigenvalue weighted by Gasteiger charge is 2.35. The van der Waals surface area contributed by atoms with E-state index in [1.807, 2.05) is 13.8 Å². The van der Waals surface area contributed by atoms with Crippen LogP contribution in [0.25, 0.3) is 0 Å². The van der Waals surface area contributed by atoms with Crippen LogP contribution in [0.2, 0.25) is 0 Å². The predicted molar refractivity (Wildman–Crippen MR) is 49.2 cm³/mol. The minimum atomic E-state index is -0.619. The second kappa shape index (κ2) is 3.92. The van der Waals surface area contributed by atoms with Gasteiger partial charge in [0.1, 0.15) is 0 Å². The number of rotatable bonds is 3. The Hall–Kier alpha value is -0.160. The summed E-state index contributed by atoms with van der Waals surface area (Å²) in [5, 5.41) is 9.34. The normalized spacial score (nSPS) is 35.3. The maximum Gasteiger partial charge on any atom is 0.162 e. The number of hydrogen-bond donors (Lipinski definition) is 2. The minimum Gasteiger partial charge on any atom is -0.393 e. The van der Waals surface area contributed by atoms with Gasteiger partial charge in [0.25, 0.3) is 0 Å². The van der Waals surface area contributed by atoms with E-state index >= 15 is 0 Å². The molecule has 78 valence electrons. The van der Waals surface area contributed by atoms with Gasteiger partial charge in [-0.15, -0.1) is 0 Å². The van der Waals surface area contributed by atoms with Gasteiger partial charge < -0.3 is 20.3 Å². The van der Waals surface area contributed by atoms with Crippen molar-refractivity contribution in [2.75, 3.05) is 7.11 Å². The molecule has 13 heavy (non-hydrogen) atoms. The van der Waals surface area contributed by atoms with E-state index in [4.69, 9.17) is 15.2 Å². The van der Waals surface area contributed by atoms with Gasteiger partial charge in [-0.1, -0.05) is 0 Å². The van der Waals surface area contributed by atoms with E-state index in [0.717, 1.165) is 0 Å². The molecule has 4 heteroatoms. The summed E-state index contributed by atoms with van der Waals surface area (Å²) in [4.78, 5) is 0. The lowest BCUT2D eigenvalue weighted by atomic mass is 10.2. The number of aliphatic hydroxyl groups excluding tert-OH is 1. The van der Waals surface area contributed by atoms with Crippen molar-refractivity contribution in [3.05, 3.63) is 0 Å². The van der Waals surface area contributed by atoms with Gasteiger partial charge in [-0.3, -0.25) is 0 Å². The van der Waals surface area contributed by atoms with Crippen LogP contribution in [-0.4, -0.2) is 36.3 Å². The monoisotopic (exact) mass is 189 g/mol. The molecule has 3 N–H and O–H groups in total. The summed E-state index contributed by atoms with van der Waals surface area (Å²) in [6, 6.07) is -0.0792. The van der Waals surface area contributed by atoms with Crippen LogP contribution in [0.4, 0.5) is 0 Å². The molecule has 1 aliphatic rings. The zero-order chi connectivity index (χ0) is 10.1. The lowest BCUT2D eigenvalue weighted by Crippen LogP contribution is -2.39. The van der Waals surface area contributed by atoms with Gasteiger partial charge in [0.05, 0.1) is 12.2 Å². The molecule has 0 bridgehead atoms. The van der Waals surface area contributed by atoms with Crippen molar-refractivity contribution in [2.45, 2.75) is 50.7 Å². The van der Waals surface area contributed by atoms with Crippen molar-refractivity contribution < 1.29 is 14.6 Å². The summed E-state index contributed by atoms with van der Waals surface area (Å²) in [5.74, 6) is -0.619. The molecule has 0 amide bonds. The quantitative estimate of drug-likeness (QED) is 0.624. The lowest BCUT2D eigenvalue weighted by molar-refractivity contribution is -0.224. The third-order valence-electron chi connectivity index (χ3n) is 2.45. The largest absolute Gasteiger partial charge is 0.393 e. The minimum absolute atomic E-state index is 0.0792. The van der Waals surface area contributed by atoms with Crippen molar-refractivity contribution in [1.82, 2.24) is 0 Å². The van der Waals surface area contributed by atoms with Crippen molar-refractivity contribution in [3.63, 3.8) is 0 Å². The van der Waals surface area contributed by atoms with E-state index in [-0.39, 0.29) is 18.2 Å². The first-order valence-corrected chi connectivity index (χ1v) is 4.61. The fourth-order valence-corrected chi connectivity index (χ4v) is 1.55. The Morgan fingerprint density at radius 1 is 1.38 bits per heavy atom. The van der Waals surface area contributed by atoms with E-state index in [9.17, 15) is 5.11 Å². The molecule has 0 radical (unpaired) electrons. The van der Waals surface area contributed by atoms with E-state index in [2.05, 4.69) is 0 Å². The third-order valence-corrected chi connectivity index (χ3v) is 2.45. The molecule has 3 unspecified atom stereocenters. The van der Waals surface area contributed by atoms with Gasteiger partial charge in [0.15, 0.2) is 5.79 Å². The second-order valence-electron chi connectivity index (χ2n) is 4.05. The van der Waals surface area contributed by atoms with Crippen LogP contribution in [-0.2, 0) is 9.47 Å². The highest BCUT2D eigenvalue weighted by molar-refractivity contribution is 4.87. The molecule has 4 nitrogen and oxygen atoms in total. The van der Waals surface area contributed by atoms with Crippen LogP contribution in [0.5, 0.6) is 0 Å². The molecule has 0 aromatic heterocycles. The van der Waals surface area contributed by atoms with Gasteiger partial charge >= 0.3 is 0 Å². The van der Waals surface area contributed by atoms with Gasteiger partial charge in [-0.05, 0) is 20.3 Å². The first-order valence-electron chi connectivity index (χ1n) is 4.61. The predicted octanol–water partition coefficient (Wildman–Crippen LogP) is 0.236. The first-order chi connectivity index (χ1) is 5.94. The van der Waals surface area contributed by atoms with Gasteiger partial charge in [-0.25, -0.2) is 0 Å². The second-order valence-corrected chi connectivity index (χ2v) is 4.05. The van der Waals surface area contributed by atoms with Crippen molar-refractivity contribution in [3.8, 4) is 0 Å². The smallest absolute Gasteiger partial charge is 0.162 e. The molecule has 0 saturated heterocycles. The maximum atomic E-state index is 9.34. The SMILES string of the molecule is COC(C)(C)OC1CC(O)CC1N. The molecule has 0 aliphatic heterocycles. The summed E-state index contributed by atoms with van der Waals surface area (Å²) >= 11 is 0. The van der Waals surface area contributed by atoms with E-state index in [1.165, 1.54) is 0 Å². The lowest BCUT2D eigenvalue weighted by Gasteiger charge is -2.29. The summed E-state index contributed by atoms with van der Waals surface area (Å²) < 4.78 is 10.7. The van der Waals surface area contributed by atoms with Crippen molar-refractivity contribution in [2.24, 2.45) is 5.73 Å². The first kappa shape index (κ1) is 10.9. The Balaban J connectivity index is 2.45. The molecule has 0 heterocycles. The van der Waals surface area contributed by atoms with Crippen LogP contribution in [0.1, 0.15) is 26.7 Å². The molecule has 3 atom stereocenters. The van der Waals surface area contributed by atoms with Crippen LogP contribution in [0.3, 0.4) is 0 Å². The van der Waals surface area contributed by atoms with Crippen molar-refractivity contribution in [1.29, 1.82) is 0 Å². The molecular weight excluding hydrogens is 170 g/mol. The van der Waals surface area contributed by atoms with E-state index < -0.39 is 5.79 Å². The topological polar surface area (TPSA) is 64.7 Å². The van der Waals surface area contributed by atoms with Gasteiger partial charge in [0, 0.05) is 19.6 Å². The van der Waals surface area contributed by atoms with Crippen LogP contribution in [0, 0.1) is 0 Å². The molecule has 1 rings (SSSR count). The molecular formula is C9H19NO3. The van der Waals surface area contributed by atoms with Crippen LogP contribution in [0.15, 0.2) is 0 Å². The van der Waals surface area contributed by atoms with E-state index in [0.29, 0.717) is 12.8 Å². The zero-order valence-electron chi connectivity index (χ0n) is 8.49. The standard InChI is InChI=1S/C9H19NO3/c1-9(2,12-3)13-8-5-6(11)4-7(8)10/h6-8,11H,4-5,10H2,1-3H3. The van der Waals surface area contributed by atoms with Gasteiger partial charge in [0.2, 0.25) is 0 Å². The number of methoxy groups -OCH3 is 1. The Labute approximate surface area is 79.0 Å². The Kier molecular flexibility index (Phi) is 3.29. The Bertz CT molecular complexity index is 172. The van der Waals surface area contributed by atoms with Crippen LogP contribution >= 0.6 is 0 Å². The molecule has 0 spiro atoms. The number of aliphatic hydroxyl groups is 1. The summed E-state index contributed by atoms with van der Waals surface area (Å²) in [7, 11) is 1.59. The fraction of sp³-hybridized carbons (Fsp3) is 1.00. The third kappa shape index (κ3) is 2.91. The molecule has 1 aliphatic carbocycles.